The Hall–Kier alpha value is -3.75. The Morgan fingerprint density at radius 1 is 1.35 bits per heavy atom. The minimum atomic E-state index is -2.96. The second-order valence-corrected chi connectivity index (χ2v) is 8.79. The van der Waals surface area contributed by atoms with E-state index in [1.165, 1.54) is 11.0 Å². The first-order valence-electron chi connectivity index (χ1n) is 11.3. The summed E-state index contributed by atoms with van der Waals surface area (Å²) in [5.74, 6) is 9.69. The van der Waals surface area contributed by atoms with E-state index < -0.39 is 24.0 Å². The zero-order valence-electron chi connectivity index (χ0n) is 19.7. The fourth-order valence-electron chi connectivity index (χ4n) is 4.38. The van der Waals surface area contributed by atoms with Crippen LogP contribution in [-0.2, 0) is 6.54 Å². The highest BCUT2D eigenvalue weighted by molar-refractivity contribution is 6.34. The highest BCUT2D eigenvalue weighted by Gasteiger charge is 2.35. The molecule has 1 unspecified atom stereocenters. The number of alkyl halides is 2. The number of urea groups is 1. The molecule has 0 aliphatic carbocycles. The van der Waals surface area contributed by atoms with E-state index in [9.17, 15) is 18.7 Å². The topological polar surface area (TPSA) is 104 Å². The summed E-state index contributed by atoms with van der Waals surface area (Å²) in [7, 11) is 0. The molecular weight excluding hydrogens is 511 g/mol. The number of hydrazone groups is 1. The van der Waals surface area contributed by atoms with Gasteiger partial charge in [0.1, 0.15) is 18.1 Å². The molecule has 1 fully saturated rings. The molecule has 2 aromatic carbocycles. The second kappa shape index (κ2) is 11.1. The van der Waals surface area contributed by atoms with Crippen LogP contribution >= 0.6 is 11.6 Å². The van der Waals surface area contributed by atoms with Gasteiger partial charge in [0.05, 0.1) is 17.3 Å². The maximum absolute atomic E-state index is 16.0. The molecule has 0 spiro atoms. The Labute approximate surface area is 216 Å². The lowest BCUT2D eigenvalue weighted by atomic mass is 9.95. The standard InChI is InChI=1S/C25H23ClF3N5O3/c1-2-4-14-9-15-11-33-7-8-34(25(36)31-10-18(32-30)24(28)29)12-16(33)13-37-23(15)22(27)20(14)21-17(26)5-3-6-19(21)35/h3,5-6,9-10,16,24,35H,7-8,11-13,30H2,1H3/b31-10+,32-18+. The average Bonchev–Trinajstić information content (AvgIpc) is 3.04. The number of phenols is 1. The van der Waals surface area contributed by atoms with Gasteiger partial charge in [-0.2, -0.15) is 10.1 Å². The maximum atomic E-state index is 16.0. The van der Waals surface area contributed by atoms with E-state index in [1.54, 1.807) is 25.1 Å². The Morgan fingerprint density at radius 2 is 2.14 bits per heavy atom. The van der Waals surface area contributed by atoms with Gasteiger partial charge in [-0.3, -0.25) is 4.90 Å². The van der Waals surface area contributed by atoms with Crippen molar-refractivity contribution in [2.24, 2.45) is 15.9 Å². The van der Waals surface area contributed by atoms with Crippen molar-refractivity contribution in [2.45, 2.75) is 25.9 Å². The average molecular weight is 534 g/mol. The number of halogens is 4. The Morgan fingerprint density at radius 3 is 2.81 bits per heavy atom. The zero-order chi connectivity index (χ0) is 26.7. The number of ether oxygens (including phenoxy) is 1. The van der Waals surface area contributed by atoms with E-state index in [1.807, 2.05) is 4.90 Å². The molecular formula is C25H23ClF3N5O3. The number of hydrogen-bond donors (Lipinski definition) is 2. The lowest BCUT2D eigenvalue weighted by molar-refractivity contribution is 0.0674. The van der Waals surface area contributed by atoms with Gasteiger partial charge >= 0.3 is 6.03 Å². The summed E-state index contributed by atoms with van der Waals surface area (Å²) < 4.78 is 47.4. The number of rotatable bonds is 3. The smallest absolute Gasteiger partial charge is 0.343 e. The van der Waals surface area contributed by atoms with Crippen molar-refractivity contribution >= 4 is 29.6 Å². The molecule has 2 amide bonds. The summed E-state index contributed by atoms with van der Waals surface area (Å²) in [4.78, 5) is 19.5. The van der Waals surface area contributed by atoms with Gasteiger partial charge in [0, 0.05) is 48.4 Å². The molecule has 3 N–H and O–H groups in total. The number of fused-ring (bicyclic) bond motifs is 2. The lowest BCUT2D eigenvalue weighted by Gasteiger charge is -2.39. The predicted octanol–water partition coefficient (Wildman–Crippen LogP) is 3.87. The highest BCUT2D eigenvalue weighted by atomic mass is 35.5. The highest BCUT2D eigenvalue weighted by Crippen LogP contribution is 2.43. The van der Waals surface area contributed by atoms with Crippen molar-refractivity contribution in [3.05, 3.63) is 46.2 Å². The van der Waals surface area contributed by atoms with Crippen LogP contribution in [0.5, 0.6) is 11.5 Å². The zero-order valence-corrected chi connectivity index (χ0v) is 20.5. The number of nitrogens with zero attached hydrogens (tertiary/aromatic N) is 4. The summed E-state index contributed by atoms with van der Waals surface area (Å²) in [6.07, 6.45) is -2.31. The number of carbonyl (C=O) groups is 1. The van der Waals surface area contributed by atoms with Gasteiger partial charge in [-0.15, -0.1) is 5.92 Å². The van der Waals surface area contributed by atoms with Crippen molar-refractivity contribution in [2.75, 3.05) is 26.2 Å². The normalized spacial score (nSPS) is 18.1. The maximum Gasteiger partial charge on any atom is 0.343 e. The lowest BCUT2D eigenvalue weighted by Crippen LogP contribution is -2.55. The van der Waals surface area contributed by atoms with Gasteiger partial charge in [0.2, 0.25) is 0 Å². The van der Waals surface area contributed by atoms with Crippen molar-refractivity contribution in [3.8, 4) is 34.5 Å². The molecule has 12 heteroatoms. The molecule has 2 aliphatic rings. The van der Waals surface area contributed by atoms with E-state index in [4.69, 9.17) is 22.2 Å². The summed E-state index contributed by atoms with van der Waals surface area (Å²) >= 11 is 6.31. The number of aromatic hydroxyl groups is 1. The molecule has 37 heavy (non-hydrogen) atoms. The Bertz CT molecular complexity index is 1320. The molecule has 0 saturated carbocycles. The van der Waals surface area contributed by atoms with Gasteiger partial charge in [0.15, 0.2) is 11.6 Å². The van der Waals surface area contributed by atoms with Crippen LogP contribution in [0, 0.1) is 17.7 Å². The van der Waals surface area contributed by atoms with Crippen LogP contribution in [0.1, 0.15) is 18.1 Å². The van der Waals surface area contributed by atoms with E-state index in [0.717, 1.165) is 0 Å². The third kappa shape index (κ3) is 5.35. The molecule has 194 valence electrons. The number of hydrogen-bond acceptors (Lipinski definition) is 6. The van der Waals surface area contributed by atoms with Crippen LogP contribution in [0.15, 0.2) is 34.4 Å². The van der Waals surface area contributed by atoms with Gasteiger partial charge in [-0.25, -0.2) is 18.0 Å². The first-order valence-corrected chi connectivity index (χ1v) is 11.6. The molecule has 4 rings (SSSR count). The molecule has 2 aromatic rings. The quantitative estimate of drug-likeness (QED) is 0.270. The minimum absolute atomic E-state index is 0.0157. The van der Waals surface area contributed by atoms with E-state index in [0.29, 0.717) is 30.4 Å². The van der Waals surface area contributed by atoms with Gasteiger partial charge < -0.3 is 20.6 Å². The number of piperazine rings is 1. The largest absolute Gasteiger partial charge is 0.507 e. The van der Waals surface area contributed by atoms with Crippen molar-refractivity contribution < 1.29 is 27.8 Å². The third-order valence-corrected chi connectivity index (χ3v) is 6.46. The van der Waals surface area contributed by atoms with Crippen molar-refractivity contribution in [1.29, 1.82) is 0 Å². The van der Waals surface area contributed by atoms with Crippen LogP contribution in [0.25, 0.3) is 11.1 Å². The molecule has 2 heterocycles. The van der Waals surface area contributed by atoms with Crippen LogP contribution in [-0.4, -0.2) is 71.6 Å². The summed E-state index contributed by atoms with van der Waals surface area (Å²) in [6.45, 7) is 2.89. The number of aliphatic imine (C=N–C) groups is 1. The minimum Gasteiger partial charge on any atom is -0.507 e. The third-order valence-electron chi connectivity index (χ3n) is 6.15. The molecule has 0 bridgehead atoms. The van der Waals surface area contributed by atoms with Crippen LogP contribution in [0.2, 0.25) is 5.02 Å². The first-order chi connectivity index (χ1) is 17.7. The molecule has 2 aliphatic heterocycles. The number of nitrogens with two attached hydrogens (primary N) is 1. The van der Waals surface area contributed by atoms with Gasteiger partial charge in [0.25, 0.3) is 6.43 Å². The summed E-state index contributed by atoms with van der Waals surface area (Å²) in [5, 5.41) is 13.5. The van der Waals surface area contributed by atoms with Crippen LogP contribution in [0.4, 0.5) is 18.0 Å². The first kappa shape index (κ1) is 26.3. The SMILES string of the molecule is CC#Cc1cc2c(c(F)c1-c1c(O)cccc1Cl)OCC1CN(C(=O)/N=C/C(=N\N)C(F)F)CCN1C2. The molecule has 1 atom stereocenters. The second-order valence-electron chi connectivity index (χ2n) is 8.39. The molecule has 0 radical (unpaired) electrons. The summed E-state index contributed by atoms with van der Waals surface area (Å²) in [5.41, 5.74) is 0.266. The predicted molar refractivity (Wildman–Crippen MR) is 134 cm³/mol. The van der Waals surface area contributed by atoms with E-state index in [-0.39, 0.29) is 53.4 Å². The number of benzene rings is 2. The number of carbonyl (C=O) groups excluding carboxylic acids is 1. The van der Waals surface area contributed by atoms with E-state index >= 15 is 4.39 Å². The summed E-state index contributed by atoms with van der Waals surface area (Å²) in [6, 6.07) is 5.20. The molecule has 0 aromatic heterocycles. The molecule has 1 saturated heterocycles. The van der Waals surface area contributed by atoms with Crippen LogP contribution < -0.4 is 10.6 Å². The number of phenolic OH excluding ortho intramolecular Hbond substituents is 1. The van der Waals surface area contributed by atoms with Crippen molar-refractivity contribution in [1.82, 2.24) is 9.80 Å². The molecule has 8 nitrogen and oxygen atoms in total. The van der Waals surface area contributed by atoms with Crippen LogP contribution in [0.3, 0.4) is 0 Å². The number of amides is 2. The van der Waals surface area contributed by atoms with E-state index in [2.05, 4.69) is 21.9 Å². The Kier molecular flexibility index (Phi) is 7.90. The fraction of sp³-hybridized carbons (Fsp3) is 0.320. The fourth-order valence-corrected chi connectivity index (χ4v) is 4.64. The Balaban J connectivity index is 1.62. The monoisotopic (exact) mass is 533 g/mol. The van der Waals surface area contributed by atoms with Gasteiger partial charge in [-0.1, -0.05) is 23.6 Å². The van der Waals surface area contributed by atoms with Crippen molar-refractivity contribution in [3.63, 3.8) is 0 Å². The van der Waals surface area contributed by atoms with Gasteiger partial charge in [-0.05, 0) is 25.1 Å².